The molecule has 1 amide bonds. The van der Waals surface area contributed by atoms with Gasteiger partial charge in [0, 0.05) is 50.7 Å². The van der Waals surface area contributed by atoms with Gasteiger partial charge in [-0.25, -0.2) is 0 Å². The Kier molecular flexibility index (Phi) is 8.55. The minimum absolute atomic E-state index is 0.0378. The summed E-state index contributed by atoms with van der Waals surface area (Å²) >= 11 is 5.99. The maximum absolute atomic E-state index is 12.5. The van der Waals surface area contributed by atoms with Gasteiger partial charge in [-0.2, -0.15) is 17.0 Å². The first-order valence-electron chi connectivity index (χ1n) is 9.71. The van der Waals surface area contributed by atoms with Crippen LogP contribution in [-0.2, 0) is 15.0 Å². The largest absolute Gasteiger partial charge is 0.494 e. The highest BCUT2D eigenvalue weighted by Crippen LogP contribution is 2.21. The van der Waals surface area contributed by atoms with Gasteiger partial charge in [-0.3, -0.25) is 4.79 Å². The average molecular weight is 432 g/mol. The summed E-state index contributed by atoms with van der Waals surface area (Å²) < 4.78 is 33.7. The lowest BCUT2D eigenvalue weighted by atomic mass is 10.2. The standard InChI is InChI=1S/C19H30ClN3O4S/c1-4-22(5-2)28(25,26)23-12-10-21(11-13-23)19(24)7-6-14-27-17-8-9-18(20)16(3)15-17/h8-9,15H,4-7,10-14H2,1-3H3. The van der Waals surface area contributed by atoms with Crippen LogP contribution in [0.2, 0.25) is 5.02 Å². The Morgan fingerprint density at radius 1 is 1.18 bits per heavy atom. The third-order valence-electron chi connectivity index (χ3n) is 4.88. The zero-order valence-electron chi connectivity index (χ0n) is 16.9. The van der Waals surface area contributed by atoms with E-state index in [9.17, 15) is 13.2 Å². The molecule has 0 aliphatic carbocycles. The number of benzene rings is 1. The molecule has 0 spiro atoms. The van der Waals surface area contributed by atoms with Crippen LogP contribution in [0.5, 0.6) is 5.75 Å². The van der Waals surface area contributed by atoms with Crippen molar-refractivity contribution in [3.63, 3.8) is 0 Å². The van der Waals surface area contributed by atoms with Crippen molar-refractivity contribution in [1.82, 2.24) is 13.5 Å². The second-order valence-corrected chi connectivity index (χ2v) is 9.07. The number of nitrogens with zero attached hydrogens (tertiary/aromatic N) is 3. The van der Waals surface area contributed by atoms with Crippen molar-refractivity contribution in [2.24, 2.45) is 0 Å². The number of halogens is 1. The lowest BCUT2D eigenvalue weighted by Gasteiger charge is -2.36. The number of carbonyl (C=O) groups is 1. The van der Waals surface area contributed by atoms with E-state index in [4.69, 9.17) is 16.3 Å². The van der Waals surface area contributed by atoms with Crippen LogP contribution in [0.1, 0.15) is 32.3 Å². The number of hydrogen-bond acceptors (Lipinski definition) is 4. The van der Waals surface area contributed by atoms with Gasteiger partial charge in [-0.15, -0.1) is 0 Å². The van der Waals surface area contributed by atoms with Crippen molar-refractivity contribution in [3.05, 3.63) is 28.8 Å². The number of aryl methyl sites for hydroxylation is 1. The topological polar surface area (TPSA) is 70.2 Å². The zero-order chi connectivity index (χ0) is 20.7. The van der Waals surface area contributed by atoms with Crippen LogP contribution in [-0.4, -0.2) is 73.7 Å². The summed E-state index contributed by atoms with van der Waals surface area (Å²) in [6, 6.07) is 5.48. The molecule has 0 radical (unpaired) electrons. The maximum Gasteiger partial charge on any atom is 0.282 e. The van der Waals surface area contributed by atoms with Crippen LogP contribution in [0.4, 0.5) is 0 Å². The SMILES string of the molecule is CCN(CC)S(=O)(=O)N1CCN(C(=O)CCCOc2ccc(Cl)c(C)c2)CC1. The predicted octanol–water partition coefficient (Wildman–Crippen LogP) is 2.54. The van der Waals surface area contributed by atoms with Crippen molar-refractivity contribution in [2.75, 3.05) is 45.9 Å². The Hall–Kier alpha value is -1.35. The molecule has 0 atom stereocenters. The highest BCUT2D eigenvalue weighted by Gasteiger charge is 2.31. The highest BCUT2D eigenvalue weighted by atomic mass is 35.5. The number of piperazine rings is 1. The Labute approximate surface area is 173 Å². The fourth-order valence-electron chi connectivity index (χ4n) is 3.16. The molecule has 1 aliphatic heterocycles. The van der Waals surface area contributed by atoms with E-state index in [-0.39, 0.29) is 5.91 Å². The Bertz CT molecular complexity index is 760. The zero-order valence-corrected chi connectivity index (χ0v) is 18.4. The van der Waals surface area contributed by atoms with E-state index in [0.29, 0.717) is 63.7 Å². The molecule has 2 rings (SSSR count). The molecule has 1 saturated heterocycles. The summed E-state index contributed by atoms with van der Waals surface area (Å²) in [5.74, 6) is 0.778. The summed E-state index contributed by atoms with van der Waals surface area (Å²) in [6.45, 7) is 8.45. The number of hydrogen-bond donors (Lipinski definition) is 0. The van der Waals surface area contributed by atoms with Crippen molar-refractivity contribution >= 4 is 27.7 Å². The average Bonchev–Trinajstić information content (AvgIpc) is 2.68. The molecule has 0 N–H and O–H groups in total. The van der Waals surface area contributed by atoms with Gasteiger partial charge in [0.25, 0.3) is 10.2 Å². The van der Waals surface area contributed by atoms with Gasteiger partial charge >= 0.3 is 0 Å². The Morgan fingerprint density at radius 3 is 2.39 bits per heavy atom. The molecule has 1 fully saturated rings. The van der Waals surface area contributed by atoms with Crippen molar-refractivity contribution in [3.8, 4) is 5.75 Å². The summed E-state index contributed by atoms with van der Waals surface area (Å²) in [5.41, 5.74) is 0.952. The van der Waals surface area contributed by atoms with Gasteiger partial charge in [0.1, 0.15) is 5.75 Å². The summed E-state index contributed by atoms with van der Waals surface area (Å²) in [4.78, 5) is 14.1. The van der Waals surface area contributed by atoms with E-state index in [1.54, 1.807) is 11.0 Å². The number of ether oxygens (including phenoxy) is 1. The molecule has 0 aromatic heterocycles. The molecule has 1 aliphatic rings. The molecular formula is C19H30ClN3O4S. The molecule has 0 unspecified atom stereocenters. The van der Waals surface area contributed by atoms with Gasteiger partial charge in [0.15, 0.2) is 0 Å². The summed E-state index contributed by atoms with van der Waals surface area (Å²) in [5, 5.41) is 0.699. The minimum Gasteiger partial charge on any atom is -0.494 e. The van der Waals surface area contributed by atoms with Gasteiger partial charge < -0.3 is 9.64 Å². The van der Waals surface area contributed by atoms with E-state index in [1.807, 2.05) is 32.9 Å². The van der Waals surface area contributed by atoms with Gasteiger partial charge in [-0.05, 0) is 37.1 Å². The normalized spacial score (nSPS) is 15.8. The third-order valence-corrected chi connectivity index (χ3v) is 7.49. The van der Waals surface area contributed by atoms with Gasteiger partial charge in [-0.1, -0.05) is 25.4 Å². The minimum atomic E-state index is -3.43. The summed E-state index contributed by atoms with van der Waals surface area (Å²) in [6.07, 6.45) is 0.994. The van der Waals surface area contributed by atoms with Crippen LogP contribution in [0, 0.1) is 6.92 Å². The van der Waals surface area contributed by atoms with Crippen molar-refractivity contribution in [2.45, 2.75) is 33.6 Å². The second kappa shape index (κ2) is 10.4. The molecule has 7 nitrogen and oxygen atoms in total. The first kappa shape index (κ1) is 22.9. The number of carbonyl (C=O) groups excluding carboxylic acids is 1. The quantitative estimate of drug-likeness (QED) is 0.563. The molecule has 1 heterocycles. The maximum atomic E-state index is 12.5. The van der Waals surface area contributed by atoms with E-state index in [0.717, 1.165) is 11.3 Å². The molecule has 1 aromatic carbocycles. The second-order valence-electron chi connectivity index (χ2n) is 6.73. The first-order chi connectivity index (χ1) is 13.3. The molecule has 9 heteroatoms. The fraction of sp³-hybridized carbons (Fsp3) is 0.632. The Balaban J connectivity index is 1.74. The van der Waals surface area contributed by atoms with E-state index in [1.165, 1.54) is 8.61 Å². The smallest absolute Gasteiger partial charge is 0.282 e. The molecule has 0 bridgehead atoms. The van der Waals surface area contributed by atoms with Crippen LogP contribution >= 0.6 is 11.6 Å². The molecular weight excluding hydrogens is 402 g/mol. The Morgan fingerprint density at radius 2 is 1.82 bits per heavy atom. The van der Waals surface area contributed by atoms with E-state index >= 15 is 0 Å². The molecule has 158 valence electrons. The lowest BCUT2D eigenvalue weighted by Crippen LogP contribution is -2.54. The van der Waals surface area contributed by atoms with Crippen molar-refractivity contribution in [1.29, 1.82) is 0 Å². The summed E-state index contributed by atoms with van der Waals surface area (Å²) in [7, 11) is -3.43. The third kappa shape index (κ3) is 5.83. The van der Waals surface area contributed by atoms with Crippen molar-refractivity contribution < 1.29 is 17.9 Å². The molecule has 28 heavy (non-hydrogen) atoms. The monoisotopic (exact) mass is 431 g/mol. The van der Waals surface area contributed by atoms with Crippen LogP contribution in [0.15, 0.2) is 18.2 Å². The number of amides is 1. The first-order valence-corrected chi connectivity index (χ1v) is 11.5. The highest BCUT2D eigenvalue weighted by molar-refractivity contribution is 7.86. The fourth-order valence-corrected chi connectivity index (χ4v) is 4.88. The van der Waals surface area contributed by atoms with E-state index in [2.05, 4.69) is 0 Å². The van der Waals surface area contributed by atoms with Crippen LogP contribution in [0.25, 0.3) is 0 Å². The number of rotatable bonds is 9. The molecule has 1 aromatic rings. The van der Waals surface area contributed by atoms with Crippen LogP contribution < -0.4 is 4.74 Å². The van der Waals surface area contributed by atoms with Gasteiger partial charge in [0.05, 0.1) is 6.61 Å². The lowest BCUT2D eigenvalue weighted by molar-refractivity contribution is -0.132. The van der Waals surface area contributed by atoms with Crippen LogP contribution in [0.3, 0.4) is 0 Å². The van der Waals surface area contributed by atoms with E-state index < -0.39 is 10.2 Å². The predicted molar refractivity (Wildman–Crippen MR) is 111 cm³/mol. The molecule has 0 saturated carbocycles. The van der Waals surface area contributed by atoms with Gasteiger partial charge in [0.2, 0.25) is 5.91 Å².